The van der Waals surface area contributed by atoms with Gasteiger partial charge in [0.25, 0.3) is 0 Å². The molecule has 0 saturated carbocycles. The number of thiazole rings is 1. The summed E-state index contributed by atoms with van der Waals surface area (Å²) in [6.07, 6.45) is 0.815. The molecule has 0 aliphatic carbocycles. The summed E-state index contributed by atoms with van der Waals surface area (Å²) < 4.78 is 9.87. The summed E-state index contributed by atoms with van der Waals surface area (Å²) in [6, 6.07) is 0. The highest BCUT2D eigenvalue weighted by Crippen LogP contribution is 2.24. The lowest BCUT2D eigenvalue weighted by Crippen LogP contribution is -2.23. The van der Waals surface area contributed by atoms with Crippen molar-refractivity contribution in [2.45, 2.75) is 6.29 Å². The molecule has 15 heavy (non-hydrogen) atoms. The Hall–Kier alpha value is -1.25. The molecule has 7 nitrogen and oxygen atoms in total. The van der Waals surface area contributed by atoms with Gasteiger partial charge in [0.05, 0.1) is 11.5 Å². The van der Waals surface area contributed by atoms with Crippen LogP contribution in [0.5, 0.6) is 0 Å². The van der Waals surface area contributed by atoms with Crippen molar-refractivity contribution in [3.05, 3.63) is 16.3 Å². The van der Waals surface area contributed by atoms with E-state index >= 15 is 0 Å². The van der Waals surface area contributed by atoms with Gasteiger partial charge in [0, 0.05) is 14.2 Å². The van der Waals surface area contributed by atoms with Crippen LogP contribution in [0.25, 0.3) is 0 Å². The fourth-order valence-corrected chi connectivity index (χ4v) is 1.50. The van der Waals surface area contributed by atoms with Gasteiger partial charge in [0.1, 0.15) is 6.20 Å². The third kappa shape index (κ3) is 3.42. The van der Waals surface area contributed by atoms with Crippen molar-refractivity contribution < 1.29 is 14.4 Å². The van der Waals surface area contributed by atoms with Crippen molar-refractivity contribution in [1.82, 2.24) is 4.98 Å². The number of nitrogens with zero attached hydrogens (tertiary/aromatic N) is 2. The summed E-state index contributed by atoms with van der Waals surface area (Å²) in [7, 11) is 3.03. The van der Waals surface area contributed by atoms with Crippen molar-refractivity contribution in [3.63, 3.8) is 0 Å². The van der Waals surface area contributed by atoms with Crippen molar-refractivity contribution >= 4 is 21.5 Å². The fraction of sp³-hybridized carbons (Fsp3) is 0.571. The van der Waals surface area contributed by atoms with Crippen LogP contribution in [0.4, 0.5) is 10.1 Å². The van der Waals surface area contributed by atoms with Gasteiger partial charge in [-0.1, -0.05) is 0 Å². The highest BCUT2D eigenvalue weighted by molar-refractivity contribution is 7.18. The van der Waals surface area contributed by atoms with Crippen molar-refractivity contribution in [1.29, 1.82) is 0 Å². The predicted octanol–water partition coefficient (Wildman–Crippen LogP) is 1.08. The second-order valence-electron chi connectivity index (χ2n) is 2.54. The first-order valence-electron chi connectivity index (χ1n) is 4.07. The van der Waals surface area contributed by atoms with E-state index < -0.39 is 11.2 Å². The number of nitrogens with one attached hydrogen (secondary N) is 1. The molecule has 1 aromatic rings. The minimum atomic E-state index is -0.479. The van der Waals surface area contributed by atoms with Crippen LogP contribution in [0.3, 0.4) is 0 Å². The number of aromatic nitrogens is 1. The Balaban J connectivity index is 2.47. The van der Waals surface area contributed by atoms with Gasteiger partial charge >= 0.3 is 5.00 Å². The first kappa shape index (κ1) is 11.8. The van der Waals surface area contributed by atoms with Crippen LogP contribution in [0.1, 0.15) is 0 Å². The number of hydrogen-bond acceptors (Lipinski definition) is 7. The van der Waals surface area contributed by atoms with Gasteiger partial charge in [-0.25, -0.2) is 4.98 Å². The van der Waals surface area contributed by atoms with Crippen LogP contribution in [-0.2, 0) is 9.47 Å². The zero-order chi connectivity index (χ0) is 11.3. The first-order valence-corrected chi connectivity index (χ1v) is 4.88. The van der Waals surface area contributed by atoms with Gasteiger partial charge in [-0.3, -0.25) is 10.1 Å². The van der Waals surface area contributed by atoms with Crippen LogP contribution in [0.2, 0.25) is 0 Å². The molecule has 0 aromatic carbocycles. The summed E-state index contributed by atoms with van der Waals surface area (Å²) in [6.45, 7) is 0.387. The minimum Gasteiger partial charge on any atom is -0.356 e. The first-order chi connectivity index (χ1) is 7.17. The van der Waals surface area contributed by atoms with Gasteiger partial charge in [-0.2, -0.15) is 0 Å². The average Bonchev–Trinajstić information content (AvgIpc) is 2.68. The van der Waals surface area contributed by atoms with E-state index in [0.717, 1.165) is 11.3 Å². The SMILES string of the molecule is COC(CNc1ncc([N+](=O)[O-])s1)OC. The van der Waals surface area contributed by atoms with Gasteiger partial charge in [-0.05, 0) is 11.3 Å². The number of rotatable bonds is 6. The van der Waals surface area contributed by atoms with E-state index in [9.17, 15) is 10.1 Å². The van der Waals surface area contributed by atoms with Crippen molar-refractivity contribution in [2.75, 3.05) is 26.1 Å². The maximum atomic E-state index is 10.4. The predicted molar refractivity (Wildman–Crippen MR) is 55.1 cm³/mol. The van der Waals surface area contributed by atoms with E-state index in [1.807, 2.05) is 0 Å². The highest BCUT2D eigenvalue weighted by Gasteiger charge is 2.12. The normalized spacial score (nSPS) is 10.6. The zero-order valence-corrected chi connectivity index (χ0v) is 9.11. The maximum Gasteiger partial charge on any atom is 0.345 e. The molecule has 1 aromatic heterocycles. The van der Waals surface area contributed by atoms with E-state index in [4.69, 9.17) is 9.47 Å². The van der Waals surface area contributed by atoms with E-state index in [-0.39, 0.29) is 5.00 Å². The Morgan fingerprint density at radius 1 is 1.67 bits per heavy atom. The number of ether oxygens (including phenoxy) is 2. The van der Waals surface area contributed by atoms with Crippen LogP contribution in [0, 0.1) is 10.1 Å². The lowest BCUT2D eigenvalue weighted by Gasteiger charge is -2.12. The molecule has 0 radical (unpaired) electrons. The molecule has 0 aliphatic rings. The molecule has 0 unspecified atom stereocenters. The number of methoxy groups -OCH3 is 2. The smallest absolute Gasteiger partial charge is 0.345 e. The van der Waals surface area contributed by atoms with Gasteiger partial charge in [0.15, 0.2) is 11.4 Å². The number of anilines is 1. The Labute approximate surface area is 90.2 Å². The molecule has 1 N–H and O–H groups in total. The largest absolute Gasteiger partial charge is 0.356 e. The average molecular weight is 233 g/mol. The molecule has 0 atom stereocenters. The van der Waals surface area contributed by atoms with Crippen LogP contribution in [0.15, 0.2) is 6.20 Å². The lowest BCUT2D eigenvalue weighted by atomic mass is 10.6. The van der Waals surface area contributed by atoms with E-state index in [2.05, 4.69) is 10.3 Å². The maximum absolute atomic E-state index is 10.4. The number of hydrogen-bond donors (Lipinski definition) is 1. The third-order valence-corrected chi connectivity index (χ3v) is 2.53. The van der Waals surface area contributed by atoms with Gasteiger partial charge in [-0.15, -0.1) is 0 Å². The van der Waals surface area contributed by atoms with Gasteiger partial charge in [0.2, 0.25) is 0 Å². The quantitative estimate of drug-likeness (QED) is 0.449. The Bertz CT molecular complexity index is 326. The third-order valence-electron chi connectivity index (χ3n) is 1.62. The molecule has 0 saturated heterocycles. The zero-order valence-electron chi connectivity index (χ0n) is 8.30. The molecular weight excluding hydrogens is 222 g/mol. The molecule has 1 heterocycles. The Kier molecular flexibility index (Phi) is 4.40. The second-order valence-corrected chi connectivity index (χ2v) is 3.55. The van der Waals surface area contributed by atoms with Crippen molar-refractivity contribution in [2.24, 2.45) is 0 Å². The fourth-order valence-electron chi connectivity index (χ4n) is 0.865. The molecule has 0 amide bonds. The molecule has 0 spiro atoms. The van der Waals surface area contributed by atoms with Crippen LogP contribution in [-0.4, -0.2) is 37.0 Å². The standard InChI is InChI=1S/C7H11N3O4S/c1-13-6(14-2)4-9-7-8-3-5(15-7)10(11)12/h3,6H,4H2,1-2H3,(H,8,9). The summed E-state index contributed by atoms with van der Waals surface area (Å²) in [5.74, 6) is 0. The lowest BCUT2D eigenvalue weighted by molar-refractivity contribution is -0.380. The highest BCUT2D eigenvalue weighted by atomic mass is 32.1. The monoisotopic (exact) mass is 233 g/mol. The summed E-state index contributed by atoms with van der Waals surface area (Å²) in [5.41, 5.74) is 0. The van der Waals surface area contributed by atoms with Gasteiger partial charge < -0.3 is 14.8 Å². The van der Waals surface area contributed by atoms with E-state index in [1.54, 1.807) is 0 Å². The molecule has 8 heteroatoms. The van der Waals surface area contributed by atoms with E-state index in [1.165, 1.54) is 20.4 Å². The number of nitro groups is 1. The van der Waals surface area contributed by atoms with Crippen molar-refractivity contribution in [3.8, 4) is 0 Å². The Morgan fingerprint density at radius 2 is 2.33 bits per heavy atom. The van der Waals surface area contributed by atoms with Crippen LogP contribution < -0.4 is 5.32 Å². The second kappa shape index (κ2) is 5.59. The molecule has 84 valence electrons. The van der Waals surface area contributed by atoms with E-state index in [0.29, 0.717) is 11.7 Å². The van der Waals surface area contributed by atoms with Crippen LogP contribution >= 0.6 is 11.3 Å². The molecule has 1 rings (SSSR count). The minimum absolute atomic E-state index is 0.00360. The summed E-state index contributed by atoms with van der Waals surface area (Å²) in [4.78, 5) is 13.7. The Morgan fingerprint density at radius 3 is 2.80 bits per heavy atom. The molecule has 0 aliphatic heterocycles. The molecule has 0 bridgehead atoms. The summed E-state index contributed by atoms with van der Waals surface area (Å²) in [5, 5.41) is 13.7. The topological polar surface area (TPSA) is 86.5 Å². The summed E-state index contributed by atoms with van der Waals surface area (Å²) >= 11 is 0.972. The molecular formula is C7H11N3O4S. The molecule has 0 fully saturated rings.